The first-order valence-corrected chi connectivity index (χ1v) is 11.9. The van der Waals surface area contributed by atoms with Crippen LogP contribution in [0.4, 0.5) is 5.69 Å². The Hall–Kier alpha value is -3.97. The third-order valence-electron chi connectivity index (χ3n) is 5.93. The summed E-state index contributed by atoms with van der Waals surface area (Å²) in [5.41, 5.74) is 9.82. The van der Waals surface area contributed by atoms with Crippen LogP contribution in [0, 0.1) is 6.92 Å². The molecular formula is C26H22N4O2S. The molecule has 0 spiro atoms. The molecule has 2 aromatic carbocycles. The number of fused-ring (bicyclic) bond motifs is 1. The zero-order chi connectivity index (χ0) is 23.1. The number of hydrogen-bond donors (Lipinski definition) is 2. The van der Waals surface area contributed by atoms with Crippen molar-refractivity contribution in [2.45, 2.75) is 16.6 Å². The highest BCUT2D eigenvalue weighted by atomic mass is 32.2. The van der Waals surface area contributed by atoms with E-state index in [2.05, 4.69) is 15.0 Å². The molecule has 33 heavy (non-hydrogen) atoms. The lowest BCUT2D eigenvalue weighted by atomic mass is 9.84. The summed E-state index contributed by atoms with van der Waals surface area (Å²) in [5, 5.41) is 0.708. The van der Waals surface area contributed by atoms with Crippen molar-refractivity contribution in [1.29, 1.82) is 0 Å². The molecule has 3 heterocycles. The first-order valence-electron chi connectivity index (χ1n) is 10.4. The normalized spacial score (nSPS) is 13.6. The molecule has 0 aliphatic carbocycles. The lowest BCUT2D eigenvalue weighted by molar-refractivity contribution is 0.572. The third kappa shape index (κ3) is 3.20. The molecule has 0 amide bonds. The minimum absolute atomic E-state index is 0.206. The minimum atomic E-state index is -4.06. The van der Waals surface area contributed by atoms with Crippen LogP contribution < -0.4 is 5.73 Å². The van der Waals surface area contributed by atoms with Gasteiger partial charge in [-0.1, -0.05) is 35.9 Å². The third-order valence-corrected chi connectivity index (χ3v) is 8.32. The van der Waals surface area contributed by atoms with Gasteiger partial charge in [0.25, 0.3) is 0 Å². The van der Waals surface area contributed by atoms with E-state index in [0.29, 0.717) is 33.4 Å². The Morgan fingerprint density at radius 3 is 2.39 bits per heavy atom. The molecule has 0 aliphatic heterocycles. The maximum Gasteiger partial charge on any atom is 0.196 e. The predicted molar refractivity (Wildman–Crippen MR) is 129 cm³/mol. The Morgan fingerprint density at radius 1 is 0.909 bits per heavy atom. The topological polar surface area (TPSA) is 102 Å². The molecule has 0 radical (unpaired) electrons. The summed E-state index contributed by atoms with van der Waals surface area (Å²) >= 11 is 0. The maximum absolute atomic E-state index is 14.7. The van der Waals surface area contributed by atoms with Crippen molar-refractivity contribution in [3.8, 4) is 0 Å². The summed E-state index contributed by atoms with van der Waals surface area (Å²) in [5.74, 6) is 0. The molecule has 164 valence electrons. The van der Waals surface area contributed by atoms with Gasteiger partial charge in [-0.15, -0.1) is 0 Å². The van der Waals surface area contributed by atoms with Crippen LogP contribution in [-0.4, -0.2) is 23.4 Å². The fourth-order valence-electron chi connectivity index (χ4n) is 4.40. The van der Waals surface area contributed by atoms with Gasteiger partial charge < -0.3 is 10.7 Å². The van der Waals surface area contributed by atoms with Crippen molar-refractivity contribution in [3.05, 3.63) is 120 Å². The molecule has 0 saturated carbocycles. The molecule has 1 atom stereocenters. The van der Waals surface area contributed by atoms with Gasteiger partial charge in [0.2, 0.25) is 0 Å². The molecule has 0 aliphatic rings. The fraction of sp³-hybridized carbons (Fsp3) is 0.0769. The monoisotopic (exact) mass is 454 g/mol. The van der Waals surface area contributed by atoms with Gasteiger partial charge in [-0.2, -0.15) is 0 Å². The standard InChI is InChI=1S/C26H22N4O2S/c1-18-9-11-22(12-10-18)33(31,32)26(20-6-3-13-28-16-20,19-5-2-7-21(27)15-19)24-17-30-25-23(24)8-4-14-29-25/h2-17H,27H2,1H3,(H,29,30). The van der Waals surface area contributed by atoms with E-state index in [1.54, 1.807) is 91.5 Å². The fourth-order valence-corrected chi connectivity index (χ4v) is 6.58. The number of nitrogens with one attached hydrogen (secondary N) is 1. The smallest absolute Gasteiger partial charge is 0.196 e. The van der Waals surface area contributed by atoms with E-state index in [1.807, 2.05) is 13.0 Å². The first-order chi connectivity index (χ1) is 15.9. The van der Waals surface area contributed by atoms with Crippen LogP contribution in [0.1, 0.15) is 22.3 Å². The molecule has 0 bridgehead atoms. The van der Waals surface area contributed by atoms with Gasteiger partial charge in [0.1, 0.15) is 5.65 Å². The van der Waals surface area contributed by atoms with Crippen molar-refractivity contribution in [3.63, 3.8) is 0 Å². The number of nitrogens with zero attached hydrogens (tertiary/aromatic N) is 2. The van der Waals surface area contributed by atoms with Crippen LogP contribution in [-0.2, 0) is 14.6 Å². The number of anilines is 1. The number of pyridine rings is 2. The Balaban J connectivity index is 1.99. The summed E-state index contributed by atoms with van der Waals surface area (Å²) in [6, 6.07) is 21.1. The Morgan fingerprint density at radius 2 is 1.67 bits per heavy atom. The minimum Gasteiger partial charge on any atom is -0.399 e. The molecule has 0 saturated heterocycles. The number of aromatic nitrogens is 3. The molecular weight excluding hydrogens is 432 g/mol. The molecule has 6 nitrogen and oxygen atoms in total. The van der Waals surface area contributed by atoms with Crippen molar-refractivity contribution < 1.29 is 8.42 Å². The van der Waals surface area contributed by atoms with Crippen molar-refractivity contribution in [2.24, 2.45) is 0 Å². The molecule has 3 aromatic heterocycles. The van der Waals surface area contributed by atoms with E-state index in [4.69, 9.17) is 5.73 Å². The second-order valence-electron chi connectivity index (χ2n) is 7.97. The van der Waals surface area contributed by atoms with E-state index < -0.39 is 14.6 Å². The van der Waals surface area contributed by atoms with E-state index >= 15 is 0 Å². The largest absolute Gasteiger partial charge is 0.399 e. The van der Waals surface area contributed by atoms with Gasteiger partial charge in [-0.05, 0) is 55.0 Å². The lowest BCUT2D eigenvalue weighted by Gasteiger charge is -2.34. The highest BCUT2D eigenvalue weighted by molar-refractivity contribution is 7.92. The summed E-state index contributed by atoms with van der Waals surface area (Å²) < 4.78 is 27.8. The maximum atomic E-state index is 14.7. The van der Waals surface area contributed by atoms with Crippen LogP contribution in [0.15, 0.2) is 102 Å². The average Bonchev–Trinajstić information content (AvgIpc) is 3.25. The Labute approximate surface area is 192 Å². The van der Waals surface area contributed by atoms with Crippen molar-refractivity contribution in [1.82, 2.24) is 15.0 Å². The number of nitrogens with two attached hydrogens (primary N) is 1. The lowest BCUT2D eigenvalue weighted by Crippen LogP contribution is -2.38. The second kappa shape index (κ2) is 7.86. The second-order valence-corrected chi connectivity index (χ2v) is 10.1. The Kier molecular flexibility index (Phi) is 4.98. The number of hydrogen-bond acceptors (Lipinski definition) is 5. The summed E-state index contributed by atoms with van der Waals surface area (Å²) in [6.07, 6.45) is 6.62. The molecule has 5 aromatic rings. The van der Waals surface area contributed by atoms with Crippen LogP contribution in [0.5, 0.6) is 0 Å². The number of benzene rings is 2. The van der Waals surface area contributed by atoms with Crippen LogP contribution in [0.3, 0.4) is 0 Å². The van der Waals surface area contributed by atoms with Crippen LogP contribution in [0.25, 0.3) is 11.0 Å². The van der Waals surface area contributed by atoms with E-state index in [0.717, 1.165) is 5.56 Å². The predicted octanol–water partition coefficient (Wildman–Crippen LogP) is 4.61. The van der Waals surface area contributed by atoms with Gasteiger partial charge in [0.05, 0.1) is 4.90 Å². The van der Waals surface area contributed by atoms with Gasteiger partial charge in [-0.3, -0.25) is 4.98 Å². The van der Waals surface area contributed by atoms with Crippen molar-refractivity contribution >= 4 is 26.6 Å². The van der Waals surface area contributed by atoms with Crippen LogP contribution >= 0.6 is 0 Å². The van der Waals surface area contributed by atoms with Gasteiger partial charge in [0, 0.05) is 47.0 Å². The number of aryl methyl sites for hydroxylation is 1. The Bertz CT molecular complexity index is 1540. The van der Waals surface area contributed by atoms with Gasteiger partial charge in [-0.25, -0.2) is 13.4 Å². The summed E-state index contributed by atoms with van der Waals surface area (Å²) in [6.45, 7) is 1.92. The number of H-pyrrole nitrogens is 1. The highest BCUT2D eigenvalue weighted by Gasteiger charge is 2.51. The molecule has 0 fully saturated rings. The first kappa shape index (κ1) is 20.9. The van der Waals surface area contributed by atoms with Crippen LogP contribution in [0.2, 0.25) is 0 Å². The molecule has 1 unspecified atom stereocenters. The number of aromatic amines is 1. The average molecular weight is 455 g/mol. The number of nitrogen functional groups attached to an aromatic ring is 1. The SMILES string of the molecule is Cc1ccc(S(=O)(=O)C(c2cccnc2)(c2cccc(N)c2)c2c[nH]c3ncccc23)cc1. The van der Waals surface area contributed by atoms with E-state index in [9.17, 15) is 8.42 Å². The van der Waals surface area contributed by atoms with Crippen molar-refractivity contribution in [2.75, 3.05) is 5.73 Å². The number of rotatable bonds is 5. The zero-order valence-corrected chi connectivity index (χ0v) is 18.8. The quantitative estimate of drug-likeness (QED) is 0.378. The zero-order valence-electron chi connectivity index (χ0n) is 17.9. The summed E-state index contributed by atoms with van der Waals surface area (Å²) in [7, 11) is -4.06. The van der Waals surface area contributed by atoms with E-state index in [1.165, 1.54) is 0 Å². The summed E-state index contributed by atoms with van der Waals surface area (Å²) in [4.78, 5) is 12.0. The highest BCUT2D eigenvalue weighted by Crippen LogP contribution is 2.49. The number of sulfone groups is 1. The molecule has 7 heteroatoms. The molecule has 3 N–H and O–H groups in total. The molecule has 5 rings (SSSR count). The van der Waals surface area contributed by atoms with E-state index in [-0.39, 0.29) is 4.90 Å². The van der Waals surface area contributed by atoms with Gasteiger partial charge in [0.15, 0.2) is 14.6 Å². The van der Waals surface area contributed by atoms with Gasteiger partial charge >= 0.3 is 0 Å².